The fourth-order valence-corrected chi connectivity index (χ4v) is 3.19. The van der Waals surface area contributed by atoms with Crippen molar-refractivity contribution >= 4 is 26.0 Å². The lowest BCUT2D eigenvalue weighted by Crippen LogP contribution is -2.25. The van der Waals surface area contributed by atoms with Crippen LogP contribution in [0.4, 0.5) is 0 Å². The zero-order valence-electron chi connectivity index (χ0n) is 10.8. The molecule has 0 bridgehead atoms. The minimum atomic E-state index is -3.42. The van der Waals surface area contributed by atoms with Crippen molar-refractivity contribution in [1.82, 2.24) is 14.7 Å². The monoisotopic (exact) mass is 357 g/mol. The Balaban J connectivity index is 1.86. The molecule has 1 aromatic heterocycles. The Bertz CT molecular complexity index is 624. The number of benzene rings is 1. The number of aryl methyl sites for hydroxylation is 1. The van der Waals surface area contributed by atoms with Crippen LogP contribution < -0.4 is 4.72 Å². The van der Waals surface area contributed by atoms with Crippen LogP contribution in [0.15, 0.2) is 41.6 Å². The smallest absolute Gasteiger partial charge is 0.240 e. The molecule has 0 unspecified atom stereocenters. The zero-order valence-corrected chi connectivity index (χ0v) is 13.2. The zero-order chi connectivity index (χ0) is 14.4. The second-order valence-corrected chi connectivity index (χ2v) is 6.64. The lowest BCUT2D eigenvalue weighted by molar-refractivity contribution is 0.578. The van der Waals surface area contributed by atoms with Crippen LogP contribution in [0.3, 0.4) is 0 Å². The first-order chi connectivity index (χ1) is 9.62. The molecule has 1 aromatic carbocycles. The van der Waals surface area contributed by atoms with E-state index in [0.717, 1.165) is 17.8 Å². The molecule has 5 nitrogen and oxygen atoms in total. The van der Waals surface area contributed by atoms with Gasteiger partial charge < -0.3 is 4.98 Å². The Hall–Kier alpha value is -1.18. The van der Waals surface area contributed by atoms with Crippen molar-refractivity contribution in [3.8, 4) is 0 Å². The van der Waals surface area contributed by atoms with Crippen molar-refractivity contribution < 1.29 is 8.42 Å². The summed E-state index contributed by atoms with van der Waals surface area (Å²) in [7, 11) is -3.42. The third kappa shape index (κ3) is 4.16. The van der Waals surface area contributed by atoms with Crippen molar-refractivity contribution in [1.29, 1.82) is 0 Å². The lowest BCUT2D eigenvalue weighted by Gasteiger charge is -2.06. The van der Waals surface area contributed by atoms with Crippen LogP contribution in [0.5, 0.6) is 0 Å². The molecule has 2 aromatic rings. The summed E-state index contributed by atoms with van der Waals surface area (Å²) >= 11 is 3.33. The van der Waals surface area contributed by atoms with Crippen molar-refractivity contribution in [2.75, 3.05) is 6.54 Å². The van der Waals surface area contributed by atoms with Gasteiger partial charge in [-0.1, -0.05) is 28.1 Å². The number of nitrogens with one attached hydrogen (secondary N) is 2. The molecule has 0 fully saturated rings. The van der Waals surface area contributed by atoms with Crippen LogP contribution >= 0.6 is 15.9 Å². The first-order valence-corrected chi connectivity index (χ1v) is 8.85. The minimum absolute atomic E-state index is 0.292. The number of halogens is 1. The van der Waals surface area contributed by atoms with E-state index in [-0.39, 0.29) is 0 Å². The molecule has 0 aliphatic carbocycles. The maximum atomic E-state index is 12.0. The summed E-state index contributed by atoms with van der Waals surface area (Å²) < 4.78 is 26.7. The summed E-state index contributed by atoms with van der Waals surface area (Å²) in [5, 5.41) is 0.712. The van der Waals surface area contributed by atoms with Crippen LogP contribution in [0.2, 0.25) is 0 Å². The first-order valence-electron chi connectivity index (χ1n) is 6.24. The topological polar surface area (TPSA) is 74.8 Å². The van der Waals surface area contributed by atoms with Crippen LogP contribution in [0, 0.1) is 0 Å². The third-order valence-corrected chi connectivity index (χ3v) is 4.95. The Morgan fingerprint density at radius 3 is 2.60 bits per heavy atom. The number of alkyl halides is 1. The average molecular weight is 358 g/mol. The van der Waals surface area contributed by atoms with Gasteiger partial charge in [0.25, 0.3) is 0 Å². The summed E-state index contributed by atoms with van der Waals surface area (Å²) in [6.07, 6.45) is 4.86. The normalized spacial score (nSPS) is 11.7. The first kappa shape index (κ1) is 15.2. The summed E-state index contributed by atoms with van der Waals surface area (Å²) in [5.74, 6) is 0.867. The van der Waals surface area contributed by atoms with Gasteiger partial charge in [-0.3, -0.25) is 0 Å². The molecular formula is C13H16BrN3O2S. The molecular weight excluding hydrogens is 342 g/mol. The van der Waals surface area contributed by atoms with Crippen LogP contribution in [-0.4, -0.2) is 24.9 Å². The van der Waals surface area contributed by atoms with E-state index < -0.39 is 10.0 Å². The Morgan fingerprint density at radius 1 is 1.25 bits per heavy atom. The van der Waals surface area contributed by atoms with E-state index >= 15 is 0 Å². The molecule has 108 valence electrons. The van der Waals surface area contributed by atoms with Gasteiger partial charge in [0.2, 0.25) is 10.0 Å². The van der Waals surface area contributed by atoms with Gasteiger partial charge in [-0.15, -0.1) is 0 Å². The third-order valence-electron chi connectivity index (χ3n) is 2.83. The SMILES string of the molecule is O=S(=O)(NCCCc1ncc[nH]1)c1ccc(CBr)cc1. The summed E-state index contributed by atoms with van der Waals surface area (Å²) in [6, 6.07) is 6.83. The maximum absolute atomic E-state index is 12.0. The number of hydrogen-bond donors (Lipinski definition) is 2. The summed E-state index contributed by atoms with van der Waals surface area (Å²) in [6.45, 7) is 0.392. The van der Waals surface area contributed by atoms with Gasteiger partial charge in [-0.05, 0) is 24.1 Å². The largest absolute Gasteiger partial charge is 0.349 e. The number of imidazole rings is 1. The molecule has 0 radical (unpaired) electrons. The van der Waals surface area contributed by atoms with Gasteiger partial charge in [0, 0.05) is 30.7 Å². The van der Waals surface area contributed by atoms with E-state index in [4.69, 9.17) is 0 Å². The van der Waals surface area contributed by atoms with Crippen molar-refractivity contribution in [2.45, 2.75) is 23.1 Å². The van der Waals surface area contributed by atoms with Crippen LogP contribution in [-0.2, 0) is 21.8 Å². The van der Waals surface area contributed by atoms with Gasteiger partial charge in [-0.25, -0.2) is 18.1 Å². The quantitative estimate of drug-likeness (QED) is 0.589. The summed E-state index contributed by atoms with van der Waals surface area (Å²) in [4.78, 5) is 7.37. The molecule has 0 saturated carbocycles. The molecule has 0 aliphatic heterocycles. The molecule has 0 atom stereocenters. The fraction of sp³-hybridized carbons (Fsp3) is 0.308. The number of aromatic nitrogens is 2. The van der Waals surface area contributed by atoms with E-state index in [1.54, 1.807) is 36.7 Å². The Morgan fingerprint density at radius 2 is 2.00 bits per heavy atom. The van der Waals surface area contributed by atoms with Crippen LogP contribution in [0.25, 0.3) is 0 Å². The van der Waals surface area contributed by atoms with Crippen LogP contribution in [0.1, 0.15) is 17.8 Å². The van der Waals surface area contributed by atoms with Gasteiger partial charge in [0.05, 0.1) is 4.90 Å². The van der Waals surface area contributed by atoms with Gasteiger partial charge in [0.1, 0.15) is 5.82 Å². The molecule has 1 heterocycles. The second kappa shape index (κ2) is 7.01. The van der Waals surface area contributed by atoms with E-state index in [1.165, 1.54) is 0 Å². The average Bonchev–Trinajstić information content (AvgIpc) is 2.97. The number of rotatable bonds is 7. The van der Waals surface area contributed by atoms with Gasteiger partial charge >= 0.3 is 0 Å². The number of H-pyrrole nitrogens is 1. The highest BCUT2D eigenvalue weighted by Crippen LogP contribution is 2.12. The molecule has 0 aliphatic rings. The van der Waals surface area contributed by atoms with Crippen molar-refractivity contribution in [3.63, 3.8) is 0 Å². The molecule has 7 heteroatoms. The predicted molar refractivity (Wildman–Crippen MR) is 81.2 cm³/mol. The minimum Gasteiger partial charge on any atom is -0.349 e. The molecule has 2 rings (SSSR count). The highest BCUT2D eigenvalue weighted by atomic mass is 79.9. The number of aromatic amines is 1. The number of hydrogen-bond acceptors (Lipinski definition) is 3. The lowest BCUT2D eigenvalue weighted by atomic mass is 10.2. The number of nitrogens with zero attached hydrogens (tertiary/aromatic N) is 1. The van der Waals surface area contributed by atoms with Crippen molar-refractivity contribution in [2.24, 2.45) is 0 Å². The molecule has 2 N–H and O–H groups in total. The predicted octanol–water partition coefficient (Wildman–Crippen LogP) is 2.22. The Labute approximate surface area is 127 Å². The Kier molecular flexibility index (Phi) is 5.33. The fourth-order valence-electron chi connectivity index (χ4n) is 1.74. The van der Waals surface area contributed by atoms with Gasteiger partial charge in [0.15, 0.2) is 0 Å². The van der Waals surface area contributed by atoms with Gasteiger partial charge in [-0.2, -0.15) is 0 Å². The van der Waals surface area contributed by atoms with E-state index in [0.29, 0.717) is 23.2 Å². The van der Waals surface area contributed by atoms with Crippen molar-refractivity contribution in [3.05, 3.63) is 48.0 Å². The second-order valence-electron chi connectivity index (χ2n) is 4.31. The van der Waals surface area contributed by atoms with E-state index in [9.17, 15) is 8.42 Å². The standard InChI is InChI=1S/C13H16BrN3O2S/c14-10-11-3-5-12(6-4-11)20(18,19)17-7-1-2-13-15-8-9-16-13/h3-6,8-9,17H,1-2,7,10H2,(H,15,16). The number of sulfonamides is 1. The molecule has 0 spiro atoms. The molecule has 0 saturated heterocycles. The maximum Gasteiger partial charge on any atom is 0.240 e. The van der Waals surface area contributed by atoms with E-state index in [1.807, 2.05) is 0 Å². The highest BCUT2D eigenvalue weighted by molar-refractivity contribution is 9.08. The summed E-state index contributed by atoms with van der Waals surface area (Å²) in [5.41, 5.74) is 1.04. The molecule has 0 amide bonds. The van der Waals surface area contributed by atoms with E-state index in [2.05, 4.69) is 30.6 Å². The highest BCUT2D eigenvalue weighted by Gasteiger charge is 2.12. The molecule has 20 heavy (non-hydrogen) atoms.